The third kappa shape index (κ3) is 3.46. The quantitative estimate of drug-likeness (QED) is 0.825. The molecular formula is C15H21FN2O. The van der Waals surface area contributed by atoms with Crippen LogP contribution in [0.2, 0.25) is 0 Å². The van der Waals surface area contributed by atoms with Gasteiger partial charge in [-0.3, -0.25) is 0 Å². The van der Waals surface area contributed by atoms with E-state index in [1.165, 1.54) is 6.07 Å². The van der Waals surface area contributed by atoms with Gasteiger partial charge >= 0.3 is 6.03 Å². The van der Waals surface area contributed by atoms with E-state index in [0.717, 1.165) is 19.5 Å². The highest BCUT2D eigenvalue weighted by Gasteiger charge is 2.25. The summed E-state index contributed by atoms with van der Waals surface area (Å²) in [6.07, 6.45) is 1.16. The molecule has 1 aromatic carbocycles. The van der Waals surface area contributed by atoms with E-state index in [2.05, 4.69) is 19.2 Å². The molecular weight excluding hydrogens is 243 g/mol. The highest BCUT2D eigenvalue weighted by Crippen LogP contribution is 2.22. The van der Waals surface area contributed by atoms with E-state index in [0.29, 0.717) is 23.1 Å². The largest absolute Gasteiger partial charge is 0.324 e. The van der Waals surface area contributed by atoms with Gasteiger partial charge in [-0.2, -0.15) is 0 Å². The lowest BCUT2D eigenvalue weighted by Crippen LogP contribution is -2.44. The SMILES string of the molecule is Cc1ccc(NC(=O)N2CC(C)CC(C)C2)cc1F. The van der Waals surface area contributed by atoms with Crippen molar-refractivity contribution in [2.24, 2.45) is 11.8 Å². The number of carbonyl (C=O) groups is 1. The van der Waals surface area contributed by atoms with Gasteiger partial charge in [-0.05, 0) is 42.9 Å². The second-order valence-electron chi connectivity index (χ2n) is 5.75. The van der Waals surface area contributed by atoms with Gasteiger partial charge in [-0.25, -0.2) is 9.18 Å². The van der Waals surface area contributed by atoms with Crippen molar-refractivity contribution in [1.29, 1.82) is 0 Å². The first-order valence-electron chi connectivity index (χ1n) is 6.77. The number of hydrogen-bond donors (Lipinski definition) is 1. The maximum atomic E-state index is 13.4. The van der Waals surface area contributed by atoms with Crippen LogP contribution >= 0.6 is 0 Å². The molecule has 1 saturated heterocycles. The van der Waals surface area contributed by atoms with Crippen LogP contribution in [0.15, 0.2) is 18.2 Å². The number of rotatable bonds is 1. The van der Waals surface area contributed by atoms with Crippen LogP contribution in [0.1, 0.15) is 25.8 Å². The molecule has 19 heavy (non-hydrogen) atoms. The van der Waals surface area contributed by atoms with Crippen LogP contribution in [0.25, 0.3) is 0 Å². The zero-order chi connectivity index (χ0) is 14.0. The Hall–Kier alpha value is -1.58. The normalized spacial score (nSPS) is 23.3. The van der Waals surface area contributed by atoms with Crippen molar-refractivity contribution in [3.8, 4) is 0 Å². The number of nitrogens with one attached hydrogen (secondary N) is 1. The van der Waals surface area contributed by atoms with E-state index in [-0.39, 0.29) is 11.8 Å². The summed E-state index contributed by atoms with van der Waals surface area (Å²) in [5.41, 5.74) is 1.09. The Kier molecular flexibility index (Phi) is 4.08. The number of aryl methyl sites for hydroxylation is 1. The summed E-state index contributed by atoms with van der Waals surface area (Å²) in [6, 6.07) is 4.63. The molecule has 1 aliphatic heterocycles. The Morgan fingerprint density at radius 1 is 1.32 bits per heavy atom. The van der Waals surface area contributed by atoms with Crippen molar-refractivity contribution in [2.45, 2.75) is 27.2 Å². The molecule has 0 aliphatic carbocycles. The average molecular weight is 264 g/mol. The van der Waals surface area contributed by atoms with Crippen LogP contribution < -0.4 is 5.32 Å². The predicted octanol–water partition coefficient (Wildman–Crippen LogP) is 3.64. The molecule has 0 saturated carbocycles. The molecule has 0 aromatic heterocycles. The van der Waals surface area contributed by atoms with E-state index < -0.39 is 0 Å². The van der Waals surface area contributed by atoms with Gasteiger partial charge in [-0.15, -0.1) is 0 Å². The molecule has 1 heterocycles. The van der Waals surface area contributed by atoms with Crippen molar-refractivity contribution in [2.75, 3.05) is 18.4 Å². The van der Waals surface area contributed by atoms with E-state index in [1.807, 2.05) is 4.90 Å². The first-order valence-corrected chi connectivity index (χ1v) is 6.77. The van der Waals surface area contributed by atoms with Crippen molar-refractivity contribution < 1.29 is 9.18 Å². The van der Waals surface area contributed by atoms with Gasteiger partial charge in [0.15, 0.2) is 0 Å². The van der Waals surface area contributed by atoms with Crippen LogP contribution in [0.5, 0.6) is 0 Å². The molecule has 2 unspecified atom stereocenters. The number of urea groups is 1. The van der Waals surface area contributed by atoms with E-state index in [4.69, 9.17) is 0 Å². The first kappa shape index (κ1) is 13.8. The summed E-state index contributed by atoms with van der Waals surface area (Å²) in [5, 5.41) is 2.77. The molecule has 1 aliphatic rings. The lowest BCUT2D eigenvalue weighted by Gasteiger charge is -2.34. The van der Waals surface area contributed by atoms with Gasteiger partial charge in [-0.1, -0.05) is 19.9 Å². The molecule has 1 fully saturated rings. The highest BCUT2D eigenvalue weighted by atomic mass is 19.1. The fourth-order valence-electron chi connectivity index (χ4n) is 2.70. The van der Waals surface area contributed by atoms with Gasteiger partial charge in [0.25, 0.3) is 0 Å². The van der Waals surface area contributed by atoms with Gasteiger partial charge < -0.3 is 10.2 Å². The number of hydrogen-bond acceptors (Lipinski definition) is 1. The summed E-state index contributed by atoms with van der Waals surface area (Å²) in [4.78, 5) is 14.0. The standard InChI is InChI=1S/C15H21FN2O/c1-10-6-11(2)9-18(8-10)15(19)17-13-5-4-12(3)14(16)7-13/h4-5,7,10-11H,6,8-9H2,1-3H3,(H,17,19). The minimum absolute atomic E-state index is 0.137. The van der Waals surface area contributed by atoms with Crippen LogP contribution in [0, 0.1) is 24.6 Å². The average Bonchev–Trinajstić information content (AvgIpc) is 2.32. The molecule has 0 spiro atoms. The number of benzene rings is 1. The lowest BCUT2D eigenvalue weighted by molar-refractivity contribution is 0.156. The van der Waals surface area contributed by atoms with Crippen LogP contribution in [-0.4, -0.2) is 24.0 Å². The Bertz CT molecular complexity index is 465. The number of amides is 2. The second-order valence-corrected chi connectivity index (χ2v) is 5.75. The number of anilines is 1. The summed E-state index contributed by atoms with van der Waals surface area (Å²) in [7, 11) is 0. The minimum Gasteiger partial charge on any atom is -0.324 e. The summed E-state index contributed by atoms with van der Waals surface area (Å²) in [5.74, 6) is 0.742. The van der Waals surface area contributed by atoms with Gasteiger partial charge in [0.05, 0.1) is 0 Å². The van der Waals surface area contributed by atoms with Crippen molar-refractivity contribution >= 4 is 11.7 Å². The first-order chi connectivity index (χ1) is 8.95. The molecule has 0 radical (unpaired) electrons. The summed E-state index contributed by atoms with van der Waals surface area (Å²) < 4.78 is 13.4. The van der Waals surface area contributed by atoms with Crippen molar-refractivity contribution in [3.05, 3.63) is 29.6 Å². The van der Waals surface area contributed by atoms with Gasteiger partial charge in [0.1, 0.15) is 5.82 Å². The zero-order valence-corrected chi connectivity index (χ0v) is 11.7. The molecule has 3 nitrogen and oxygen atoms in total. The maximum absolute atomic E-state index is 13.4. The Morgan fingerprint density at radius 2 is 1.95 bits per heavy atom. The fourth-order valence-corrected chi connectivity index (χ4v) is 2.70. The number of halogens is 1. The smallest absolute Gasteiger partial charge is 0.321 e. The molecule has 0 bridgehead atoms. The minimum atomic E-state index is -0.293. The lowest BCUT2D eigenvalue weighted by atomic mass is 9.92. The molecule has 104 valence electrons. The van der Waals surface area contributed by atoms with Crippen molar-refractivity contribution in [1.82, 2.24) is 4.90 Å². The number of likely N-dealkylation sites (tertiary alicyclic amines) is 1. The summed E-state index contributed by atoms with van der Waals surface area (Å²) >= 11 is 0. The van der Waals surface area contributed by atoms with Crippen molar-refractivity contribution in [3.63, 3.8) is 0 Å². The molecule has 1 N–H and O–H groups in total. The fraction of sp³-hybridized carbons (Fsp3) is 0.533. The molecule has 2 amide bonds. The Morgan fingerprint density at radius 3 is 2.53 bits per heavy atom. The van der Waals surface area contributed by atoms with Crippen LogP contribution in [0.4, 0.5) is 14.9 Å². The molecule has 1 aromatic rings. The van der Waals surface area contributed by atoms with E-state index in [1.54, 1.807) is 19.1 Å². The molecule has 4 heteroatoms. The van der Waals surface area contributed by atoms with E-state index >= 15 is 0 Å². The van der Waals surface area contributed by atoms with E-state index in [9.17, 15) is 9.18 Å². The van der Waals surface area contributed by atoms with Crippen LogP contribution in [0.3, 0.4) is 0 Å². The third-order valence-corrected chi connectivity index (χ3v) is 3.58. The predicted molar refractivity (Wildman–Crippen MR) is 74.7 cm³/mol. The number of piperidine rings is 1. The maximum Gasteiger partial charge on any atom is 0.321 e. The Balaban J connectivity index is 2.02. The van der Waals surface area contributed by atoms with Gasteiger partial charge in [0, 0.05) is 18.8 Å². The topological polar surface area (TPSA) is 32.3 Å². The summed E-state index contributed by atoms with van der Waals surface area (Å²) in [6.45, 7) is 7.55. The number of nitrogens with zero attached hydrogens (tertiary/aromatic N) is 1. The second kappa shape index (κ2) is 5.59. The molecule has 2 atom stereocenters. The Labute approximate surface area is 113 Å². The molecule has 2 rings (SSSR count). The monoisotopic (exact) mass is 264 g/mol. The third-order valence-electron chi connectivity index (χ3n) is 3.58. The van der Waals surface area contributed by atoms with Gasteiger partial charge in [0.2, 0.25) is 0 Å². The number of carbonyl (C=O) groups excluding carboxylic acids is 1. The van der Waals surface area contributed by atoms with Crippen LogP contribution in [-0.2, 0) is 0 Å². The highest BCUT2D eigenvalue weighted by molar-refractivity contribution is 5.89. The zero-order valence-electron chi connectivity index (χ0n) is 11.7.